The second-order valence-electron chi connectivity index (χ2n) is 6.84. The van der Waals surface area contributed by atoms with Crippen molar-refractivity contribution in [2.75, 3.05) is 19.6 Å². The summed E-state index contributed by atoms with van der Waals surface area (Å²) in [5, 5.41) is 3.42. The zero-order valence-electron chi connectivity index (χ0n) is 12.7. The Morgan fingerprint density at radius 2 is 2.05 bits per heavy atom. The van der Waals surface area contributed by atoms with E-state index in [1.54, 1.807) is 0 Å². The van der Waals surface area contributed by atoms with Gasteiger partial charge in [-0.25, -0.2) is 0 Å². The fourth-order valence-corrected chi connectivity index (χ4v) is 4.30. The van der Waals surface area contributed by atoms with E-state index in [4.69, 9.17) is 0 Å². The molecule has 3 nitrogen and oxygen atoms in total. The normalized spacial score (nSPS) is 31.8. The van der Waals surface area contributed by atoms with E-state index in [-0.39, 0.29) is 12.4 Å². The van der Waals surface area contributed by atoms with E-state index in [0.29, 0.717) is 23.3 Å². The number of amides is 1. The molecular weight excluding hydrogens is 272 g/mol. The van der Waals surface area contributed by atoms with Gasteiger partial charge >= 0.3 is 0 Å². The maximum absolute atomic E-state index is 12.8. The largest absolute Gasteiger partial charge is 0.339 e. The van der Waals surface area contributed by atoms with Gasteiger partial charge in [0.15, 0.2) is 0 Å². The molecule has 3 aliphatic rings. The molecule has 2 heterocycles. The van der Waals surface area contributed by atoms with Crippen molar-refractivity contribution in [2.45, 2.75) is 64.3 Å². The van der Waals surface area contributed by atoms with Crippen LogP contribution >= 0.6 is 12.4 Å². The summed E-state index contributed by atoms with van der Waals surface area (Å²) in [5.41, 5.74) is 0.399. The van der Waals surface area contributed by atoms with Crippen LogP contribution in [0, 0.1) is 11.3 Å². The van der Waals surface area contributed by atoms with E-state index in [1.807, 2.05) is 0 Å². The summed E-state index contributed by atoms with van der Waals surface area (Å²) in [7, 11) is 0. The fourth-order valence-electron chi connectivity index (χ4n) is 4.30. The van der Waals surface area contributed by atoms with Crippen LogP contribution in [0.25, 0.3) is 0 Å². The van der Waals surface area contributed by atoms with Crippen LogP contribution in [0.1, 0.15) is 58.3 Å². The Labute approximate surface area is 129 Å². The predicted octanol–water partition coefficient (Wildman–Crippen LogP) is 2.98. The van der Waals surface area contributed by atoms with Crippen LogP contribution in [0.3, 0.4) is 0 Å². The summed E-state index contributed by atoms with van der Waals surface area (Å²) < 4.78 is 0. The number of carbonyl (C=O) groups is 1. The molecule has 2 aliphatic heterocycles. The van der Waals surface area contributed by atoms with Crippen LogP contribution in [0.4, 0.5) is 0 Å². The second kappa shape index (κ2) is 6.65. The first kappa shape index (κ1) is 16.1. The molecule has 4 heteroatoms. The van der Waals surface area contributed by atoms with E-state index >= 15 is 0 Å². The number of rotatable bonds is 3. The van der Waals surface area contributed by atoms with Gasteiger partial charge in [0, 0.05) is 18.5 Å². The first-order valence-corrected chi connectivity index (χ1v) is 8.28. The third-order valence-corrected chi connectivity index (χ3v) is 5.62. The minimum atomic E-state index is 0. The third kappa shape index (κ3) is 2.99. The quantitative estimate of drug-likeness (QED) is 0.869. The molecule has 0 aromatic heterocycles. The molecule has 2 atom stereocenters. The molecule has 1 aliphatic carbocycles. The van der Waals surface area contributed by atoms with Gasteiger partial charge in [-0.05, 0) is 63.5 Å². The number of halogens is 1. The molecular formula is C16H29ClN2O. The molecule has 1 spiro atoms. The molecule has 0 radical (unpaired) electrons. The van der Waals surface area contributed by atoms with E-state index < -0.39 is 0 Å². The third-order valence-electron chi connectivity index (χ3n) is 5.62. The van der Waals surface area contributed by atoms with E-state index in [0.717, 1.165) is 19.6 Å². The minimum Gasteiger partial charge on any atom is -0.339 e. The van der Waals surface area contributed by atoms with Gasteiger partial charge in [-0.15, -0.1) is 12.4 Å². The second-order valence-corrected chi connectivity index (χ2v) is 6.84. The summed E-state index contributed by atoms with van der Waals surface area (Å²) in [6.45, 7) is 5.49. The van der Waals surface area contributed by atoms with Crippen molar-refractivity contribution in [2.24, 2.45) is 11.3 Å². The summed E-state index contributed by atoms with van der Waals surface area (Å²) in [6.07, 6.45) is 9.78. The van der Waals surface area contributed by atoms with Crippen molar-refractivity contribution in [3.63, 3.8) is 0 Å². The molecule has 1 N–H and O–H groups in total. The highest BCUT2D eigenvalue weighted by Gasteiger charge is 2.58. The molecule has 0 bridgehead atoms. The van der Waals surface area contributed by atoms with Gasteiger partial charge in [0.2, 0.25) is 5.91 Å². The van der Waals surface area contributed by atoms with Crippen LogP contribution in [0.15, 0.2) is 0 Å². The molecule has 1 amide bonds. The summed E-state index contributed by atoms with van der Waals surface area (Å²) >= 11 is 0. The SMILES string of the molecule is CCCC1CCCCN1C(=O)C1CC12CCNCC2.Cl. The lowest BCUT2D eigenvalue weighted by atomic mass is 9.90. The van der Waals surface area contributed by atoms with Crippen molar-refractivity contribution >= 4 is 18.3 Å². The Kier molecular flexibility index (Phi) is 5.36. The van der Waals surface area contributed by atoms with Crippen molar-refractivity contribution < 1.29 is 4.79 Å². The number of nitrogens with one attached hydrogen (secondary N) is 1. The predicted molar refractivity (Wildman–Crippen MR) is 84.2 cm³/mol. The topological polar surface area (TPSA) is 32.3 Å². The van der Waals surface area contributed by atoms with Gasteiger partial charge in [0.1, 0.15) is 0 Å². The van der Waals surface area contributed by atoms with E-state index in [1.165, 1.54) is 51.4 Å². The van der Waals surface area contributed by atoms with Crippen LogP contribution in [0.2, 0.25) is 0 Å². The lowest BCUT2D eigenvalue weighted by Gasteiger charge is -2.37. The van der Waals surface area contributed by atoms with Crippen LogP contribution in [-0.4, -0.2) is 36.5 Å². The highest BCUT2D eigenvalue weighted by molar-refractivity contribution is 5.85. The monoisotopic (exact) mass is 300 g/mol. The molecule has 2 saturated heterocycles. The smallest absolute Gasteiger partial charge is 0.226 e. The van der Waals surface area contributed by atoms with Gasteiger partial charge in [-0.2, -0.15) is 0 Å². The highest BCUT2D eigenvalue weighted by Crippen LogP contribution is 2.59. The maximum atomic E-state index is 12.8. The number of nitrogens with zero attached hydrogens (tertiary/aromatic N) is 1. The van der Waals surface area contributed by atoms with Gasteiger partial charge < -0.3 is 10.2 Å². The summed E-state index contributed by atoms with van der Waals surface area (Å²) in [5.74, 6) is 0.868. The zero-order chi connectivity index (χ0) is 13.3. The zero-order valence-corrected chi connectivity index (χ0v) is 13.5. The number of piperidine rings is 2. The molecule has 3 fully saturated rings. The van der Waals surface area contributed by atoms with E-state index in [2.05, 4.69) is 17.1 Å². The average Bonchev–Trinajstić information content (AvgIpc) is 3.13. The van der Waals surface area contributed by atoms with Crippen molar-refractivity contribution in [3.05, 3.63) is 0 Å². The molecule has 1 saturated carbocycles. The first-order valence-electron chi connectivity index (χ1n) is 8.28. The molecule has 20 heavy (non-hydrogen) atoms. The van der Waals surface area contributed by atoms with Crippen LogP contribution in [-0.2, 0) is 4.79 Å². The Hall–Kier alpha value is -0.280. The molecule has 2 unspecified atom stereocenters. The van der Waals surface area contributed by atoms with Crippen LogP contribution < -0.4 is 5.32 Å². The summed E-state index contributed by atoms with van der Waals surface area (Å²) in [4.78, 5) is 15.1. The lowest BCUT2D eigenvalue weighted by Crippen LogP contribution is -2.45. The van der Waals surface area contributed by atoms with Gasteiger partial charge in [0.05, 0.1) is 0 Å². The highest BCUT2D eigenvalue weighted by atomic mass is 35.5. The van der Waals surface area contributed by atoms with Crippen LogP contribution in [0.5, 0.6) is 0 Å². The van der Waals surface area contributed by atoms with Gasteiger partial charge in [0.25, 0.3) is 0 Å². The average molecular weight is 301 g/mol. The Morgan fingerprint density at radius 1 is 1.30 bits per heavy atom. The Balaban J connectivity index is 0.00000147. The van der Waals surface area contributed by atoms with Gasteiger partial charge in [-0.1, -0.05) is 13.3 Å². The minimum absolute atomic E-state index is 0. The van der Waals surface area contributed by atoms with Crippen molar-refractivity contribution in [1.82, 2.24) is 10.2 Å². The molecule has 3 rings (SSSR count). The van der Waals surface area contributed by atoms with E-state index in [9.17, 15) is 4.79 Å². The first-order chi connectivity index (χ1) is 9.27. The number of hydrogen-bond acceptors (Lipinski definition) is 2. The van der Waals surface area contributed by atoms with Crippen molar-refractivity contribution in [1.29, 1.82) is 0 Å². The Bertz CT molecular complexity index is 339. The summed E-state index contributed by atoms with van der Waals surface area (Å²) in [6, 6.07) is 0.547. The molecule has 116 valence electrons. The van der Waals surface area contributed by atoms with Crippen molar-refractivity contribution in [3.8, 4) is 0 Å². The standard InChI is InChI=1S/C16H28N2O.ClH/c1-2-5-13-6-3-4-11-18(13)15(19)14-12-16(14)7-9-17-10-8-16;/h13-14,17H,2-12H2,1H3;1H. The number of carbonyl (C=O) groups excluding carboxylic acids is 1. The number of hydrogen-bond donors (Lipinski definition) is 1. The fraction of sp³-hybridized carbons (Fsp3) is 0.938. The molecule has 0 aromatic carbocycles. The number of likely N-dealkylation sites (tertiary alicyclic amines) is 1. The van der Waals surface area contributed by atoms with Gasteiger partial charge in [-0.3, -0.25) is 4.79 Å². The Morgan fingerprint density at radius 3 is 2.75 bits per heavy atom. The maximum Gasteiger partial charge on any atom is 0.226 e. The molecule has 0 aromatic rings. The lowest BCUT2D eigenvalue weighted by molar-refractivity contribution is -0.137.